The molecule has 2 N–H and O–H groups in total. The quantitative estimate of drug-likeness (QED) is 0.409. The molecular weight excluding hydrogens is 521 g/mol. The molecule has 0 spiro atoms. The predicted molar refractivity (Wildman–Crippen MR) is 99.5 cm³/mol. The van der Waals surface area contributed by atoms with Gasteiger partial charge in [0.15, 0.2) is 5.82 Å². The number of para-hydroxylation sites is 2. The average molecular weight is 536 g/mol. The van der Waals surface area contributed by atoms with Crippen LogP contribution in [0, 0.1) is 0 Å². The van der Waals surface area contributed by atoms with Crippen molar-refractivity contribution >= 4 is 0 Å². The van der Waals surface area contributed by atoms with E-state index in [4.69, 9.17) is 0 Å². The van der Waals surface area contributed by atoms with Gasteiger partial charge >= 0.3 is 0 Å². The Kier molecular flexibility index (Phi) is 5.63. The third kappa shape index (κ3) is 3.88. The van der Waals surface area contributed by atoms with Crippen LogP contribution in [0.15, 0.2) is 79.0 Å². The molecule has 0 amide bonds. The zero-order chi connectivity index (χ0) is 17.9. The molecule has 0 bridgehead atoms. The van der Waals surface area contributed by atoms with Crippen LogP contribution >= 0.6 is 0 Å². The number of phenolic OH excluding ortho intramolecular Hbond substituents is 2. The number of hydrogen-bond donors (Lipinski definition) is 2. The minimum atomic E-state index is 0. The van der Waals surface area contributed by atoms with Crippen LogP contribution in [-0.2, 0) is 21.1 Å². The molecule has 6 heteroatoms. The van der Waals surface area contributed by atoms with Crippen LogP contribution in [-0.4, -0.2) is 25.2 Å². The first-order chi connectivity index (χ1) is 12.7. The van der Waals surface area contributed by atoms with E-state index in [1.807, 2.05) is 36.4 Å². The van der Waals surface area contributed by atoms with Gasteiger partial charge in [-0.05, 0) is 42.5 Å². The predicted octanol–water partition coefficient (Wildman–Crippen LogP) is 4.28. The summed E-state index contributed by atoms with van der Waals surface area (Å²) in [6.07, 6.45) is 1.64. The first-order valence-electron chi connectivity index (χ1n) is 8.09. The fourth-order valence-corrected chi connectivity index (χ4v) is 2.71. The Morgan fingerprint density at radius 3 is 1.85 bits per heavy atom. The van der Waals surface area contributed by atoms with Crippen LogP contribution in [0.25, 0.3) is 34.0 Å². The Balaban J connectivity index is 0.00000210. The summed E-state index contributed by atoms with van der Waals surface area (Å²) in [6.45, 7) is 0. The van der Waals surface area contributed by atoms with E-state index in [1.54, 1.807) is 42.6 Å². The first-order valence-corrected chi connectivity index (χ1v) is 8.09. The second-order valence-corrected chi connectivity index (χ2v) is 5.71. The van der Waals surface area contributed by atoms with Crippen LogP contribution < -0.4 is 0 Å². The number of phenols is 2. The van der Waals surface area contributed by atoms with E-state index >= 15 is 0 Å². The van der Waals surface area contributed by atoms with E-state index in [0.29, 0.717) is 34.0 Å². The van der Waals surface area contributed by atoms with Gasteiger partial charge in [0.05, 0.1) is 22.6 Å². The number of rotatable bonds is 3. The molecule has 2 heterocycles. The maximum absolute atomic E-state index is 10.1. The zero-order valence-electron chi connectivity index (χ0n) is 14.1. The van der Waals surface area contributed by atoms with Gasteiger partial charge in [-0.1, -0.05) is 30.3 Å². The zero-order valence-corrected chi connectivity index (χ0v) is 16.3. The Morgan fingerprint density at radius 2 is 1.15 bits per heavy atom. The molecule has 27 heavy (non-hydrogen) atoms. The summed E-state index contributed by atoms with van der Waals surface area (Å²) in [5.41, 5.74) is 3.17. The molecule has 0 radical (unpaired) electrons. The van der Waals surface area contributed by atoms with Crippen LogP contribution in [0.2, 0.25) is 0 Å². The minimum Gasteiger partial charge on any atom is -0.507 e. The molecule has 2 aromatic heterocycles. The Bertz CT molecular complexity index is 999. The number of nitrogens with zero attached hydrogens (tertiary/aromatic N) is 3. The average Bonchev–Trinajstić information content (AvgIpc) is 2.69. The summed E-state index contributed by atoms with van der Waals surface area (Å²) in [5.74, 6) is 0.727. The number of hydrogen-bond acceptors (Lipinski definition) is 5. The van der Waals surface area contributed by atoms with E-state index in [9.17, 15) is 10.2 Å². The molecule has 0 aliphatic heterocycles. The summed E-state index contributed by atoms with van der Waals surface area (Å²) in [4.78, 5) is 13.4. The summed E-state index contributed by atoms with van der Waals surface area (Å²) in [7, 11) is 0. The van der Waals surface area contributed by atoms with Crippen LogP contribution in [0.4, 0.5) is 0 Å². The van der Waals surface area contributed by atoms with Crippen LogP contribution in [0.3, 0.4) is 0 Å². The first kappa shape index (κ1) is 18.7. The second-order valence-electron chi connectivity index (χ2n) is 5.71. The SMILES string of the molecule is Oc1ccccc1-c1cccc(-c2ccnc(-c3ccccc3O)n2)n1.[Pt]. The van der Waals surface area contributed by atoms with Gasteiger partial charge in [-0.15, -0.1) is 0 Å². The van der Waals surface area contributed by atoms with Gasteiger partial charge in [0, 0.05) is 32.8 Å². The molecule has 4 aromatic rings. The Morgan fingerprint density at radius 1 is 0.556 bits per heavy atom. The van der Waals surface area contributed by atoms with Gasteiger partial charge in [0.2, 0.25) is 0 Å². The molecular formula is C21H15N3O2Pt. The number of aromatic nitrogens is 3. The van der Waals surface area contributed by atoms with Crippen LogP contribution in [0.1, 0.15) is 0 Å². The topological polar surface area (TPSA) is 79.1 Å². The van der Waals surface area contributed by atoms with Crippen molar-refractivity contribution in [2.75, 3.05) is 0 Å². The van der Waals surface area contributed by atoms with E-state index < -0.39 is 0 Å². The standard InChI is InChI=1S/C21H15N3O2.Pt/c25-19-10-3-1-6-14(19)16-8-5-9-17(23-16)18-12-13-22-21(24-18)15-7-2-4-11-20(15)26;/h1-13,25-26H;. The van der Waals surface area contributed by atoms with Gasteiger partial charge in [-0.25, -0.2) is 15.0 Å². The molecule has 5 nitrogen and oxygen atoms in total. The van der Waals surface area contributed by atoms with Gasteiger partial charge in [0.1, 0.15) is 11.5 Å². The summed E-state index contributed by atoms with van der Waals surface area (Å²) < 4.78 is 0. The van der Waals surface area contributed by atoms with Gasteiger partial charge in [-0.2, -0.15) is 0 Å². The summed E-state index contributed by atoms with van der Waals surface area (Å²) >= 11 is 0. The van der Waals surface area contributed by atoms with Crippen molar-refractivity contribution in [3.63, 3.8) is 0 Å². The number of benzene rings is 2. The fraction of sp³-hybridized carbons (Fsp3) is 0. The summed E-state index contributed by atoms with van der Waals surface area (Å²) in [6, 6.07) is 21.3. The minimum absolute atomic E-state index is 0. The molecule has 0 aliphatic carbocycles. The summed E-state index contributed by atoms with van der Waals surface area (Å²) in [5, 5.41) is 20.1. The monoisotopic (exact) mass is 536 g/mol. The largest absolute Gasteiger partial charge is 0.507 e. The maximum Gasteiger partial charge on any atom is 0.163 e. The molecule has 0 saturated heterocycles. The Labute approximate surface area is 170 Å². The molecule has 136 valence electrons. The van der Waals surface area contributed by atoms with Crippen LogP contribution in [0.5, 0.6) is 11.5 Å². The second kappa shape index (κ2) is 8.10. The van der Waals surface area contributed by atoms with E-state index in [2.05, 4.69) is 15.0 Å². The normalized spacial score (nSPS) is 10.2. The molecule has 0 fully saturated rings. The van der Waals surface area contributed by atoms with E-state index in [-0.39, 0.29) is 32.6 Å². The molecule has 0 saturated carbocycles. The number of pyridine rings is 1. The van der Waals surface area contributed by atoms with Crippen molar-refractivity contribution < 1.29 is 31.3 Å². The van der Waals surface area contributed by atoms with Gasteiger partial charge in [-0.3, -0.25) is 0 Å². The molecule has 2 aromatic carbocycles. The van der Waals surface area contributed by atoms with E-state index in [0.717, 1.165) is 0 Å². The molecule has 4 rings (SSSR count). The molecule has 0 aliphatic rings. The van der Waals surface area contributed by atoms with Crippen molar-refractivity contribution in [2.45, 2.75) is 0 Å². The van der Waals surface area contributed by atoms with Crippen molar-refractivity contribution in [3.05, 3.63) is 79.0 Å². The fourth-order valence-electron chi connectivity index (χ4n) is 2.71. The Hall–Kier alpha value is -3.04. The van der Waals surface area contributed by atoms with E-state index in [1.165, 1.54) is 0 Å². The van der Waals surface area contributed by atoms with Crippen molar-refractivity contribution in [3.8, 4) is 45.5 Å². The van der Waals surface area contributed by atoms with Gasteiger partial charge < -0.3 is 10.2 Å². The van der Waals surface area contributed by atoms with Crippen molar-refractivity contribution in [2.24, 2.45) is 0 Å². The third-order valence-corrected chi connectivity index (χ3v) is 3.99. The molecule has 0 atom stereocenters. The number of aromatic hydroxyl groups is 2. The van der Waals surface area contributed by atoms with Crippen molar-refractivity contribution in [1.29, 1.82) is 0 Å². The smallest absolute Gasteiger partial charge is 0.163 e. The molecule has 0 unspecified atom stereocenters. The van der Waals surface area contributed by atoms with Gasteiger partial charge in [0.25, 0.3) is 0 Å². The van der Waals surface area contributed by atoms with Crippen molar-refractivity contribution in [1.82, 2.24) is 15.0 Å². The third-order valence-electron chi connectivity index (χ3n) is 3.99. The maximum atomic E-state index is 10.1.